The van der Waals surface area contributed by atoms with Gasteiger partial charge < -0.3 is 20.3 Å². The van der Waals surface area contributed by atoms with E-state index >= 15 is 0 Å². The van der Waals surface area contributed by atoms with E-state index in [9.17, 15) is 12.8 Å². The molecule has 2 fully saturated rings. The minimum Gasteiger partial charge on any atom is -0.381 e. The van der Waals surface area contributed by atoms with Crippen LogP contribution in [0.4, 0.5) is 10.1 Å². The largest absolute Gasteiger partial charge is 0.381 e. The molecule has 1 aromatic rings. The Morgan fingerprint density at radius 3 is 2.59 bits per heavy atom. The first kappa shape index (κ1) is 21.8. The molecule has 29 heavy (non-hydrogen) atoms. The molecule has 7 nitrogen and oxygen atoms in total. The summed E-state index contributed by atoms with van der Waals surface area (Å²) in [6.45, 7) is 2.88. The van der Waals surface area contributed by atoms with E-state index in [1.54, 1.807) is 19.2 Å². The van der Waals surface area contributed by atoms with Crippen LogP contribution in [0.15, 0.2) is 29.3 Å². The van der Waals surface area contributed by atoms with Crippen molar-refractivity contribution >= 4 is 21.5 Å². The Morgan fingerprint density at radius 1 is 1.31 bits per heavy atom. The number of rotatable bonds is 5. The van der Waals surface area contributed by atoms with E-state index in [2.05, 4.69) is 20.5 Å². The lowest BCUT2D eigenvalue weighted by atomic mass is 9.99. The summed E-state index contributed by atoms with van der Waals surface area (Å²) in [5.74, 6) is 0.393. The SMILES string of the molecule is CN=C(NCC1(S(C)(=O)=O)CCOCC1)NC1CCN(c2cccc(F)c2)CC1. The van der Waals surface area contributed by atoms with Gasteiger partial charge in [0.05, 0.1) is 4.75 Å². The van der Waals surface area contributed by atoms with E-state index in [4.69, 9.17) is 4.74 Å². The molecule has 2 heterocycles. The lowest BCUT2D eigenvalue weighted by Gasteiger charge is -2.37. The molecule has 2 saturated heterocycles. The van der Waals surface area contributed by atoms with Gasteiger partial charge in [0.2, 0.25) is 0 Å². The molecule has 0 bridgehead atoms. The molecule has 162 valence electrons. The van der Waals surface area contributed by atoms with Crippen molar-refractivity contribution in [3.8, 4) is 0 Å². The summed E-state index contributed by atoms with van der Waals surface area (Å²) in [4.78, 5) is 6.45. The molecule has 0 radical (unpaired) electrons. The van der Waals surface area contributed by atoms with Crippen LogP contribution in [0.2, 0.25) is 0 Å². The zero-order valence-corrected chi connectivity index (χ0v) is 18.0. The number of sulfone groups is 1. The van der Waals surface area contributed by atoms with Crippen molar-refractivity contribution in [2.45, 2.75) is 36.5 Å². The molecule has 2 aliphatic rings. The van der Waals surface area contributed by atoms with Gasteiger partial charge in [0, 0.05) is 57.9 Å². The maximum absolute atomic E-state index is 13.5. The second kappa shape index (κ2) is 9.30. The molecule has 0 spiro atoms. The summed E-state index contributed by atoms with van der Waals surface area (Å²) >= 11 is 0. The van der Waals surface area contributed by atoms with Gasteiger partial charge in [-0.3, -0.25) is 4.99 Å². The lowest BCUT2D eigenvalue weighted by molar-refractivity contribution is 0.0756. The van der Waals surface area contributed by atoms with E-state index < -0.39 is 14.6 Å². The molecule has 3 rings (SSSR count). The summed E-state index contributed by atoms with van der Waals surface area (Å²) < 4.78 is 42.8. The standard InChI is InChI=1S/C20H31FN4O3S/c1-22-19(23-15-20(29(2,26)27)8-12-28-13-9-20)24-17-6-10-25(11-7-17)18-5-3-4-16(21)14-18/h3-5,14,17H,6-13,15H2,1-2H3,(H2,22,23,24). The third-order valence-corrected chi connectivity index (χ3v) is 8.13. The Balaban J connectivity index is 1.53. The molecule has 0 atom stereocenters. The fraction of sp³-hybridized carbons (Fsp3) is 0.650. The molecule has 2 aliphatic heterocycles. The Labute approximate surface area is 172 Å². The molecule has 0 aromatic heterocycles. The van der Waals surface area contributed by atoms with Crippen LogP contribution < -0.4 is 15.5 Å². The summed E-state index contributed by atoms with van der Waals surface area (Å²) in [6, 6.07) is 6.90. The zero-order chi connectivity index (χ0) is 20.9. The molecule has 9 heteroatoms. The number of nitrogens with one attached hydrogen (secondary N) is 2. The van der Waals surface area contributed by atoms with E-state index in [1.165, 1.54) is 12.3 Å². The van der Waals surface area contributed by atoms with Gasteiger partial charge >= 0.3 is 0 Å². The monoisotopic (exact) mass is 426 g/mol. The number of hydrogen-bond acceptors (Lipinski definition) is 5. The van der Waals surface area contributed by atoms with Gasteiger partial charge in [-0.1, -0.05) is 6.07 Å². The van der Waals surface area contributed by atoms with Gasteiger partial charge in [0.25, 0.3) is 0 Å². The quantitative estimate of drug-likeness (QED) is 0.549. The van der Waals surface area contributed by atoms with Crippen molar-refractivity contribution in [1.82, 2.24) is 10.6 Å². The van der Waals surface area contributed by atoms with Crippen LogP contribution in [0.1, 0.15) is 25.7 Å². The van der Waals surface area contributed by atoms with Crippen molar-refractivity contribution in [2.75, 3.05) is 51.1 Å². The second-order valence-electron chi connectivity index (χ2n) is 7.88. The molecule has 0 amide bonds. The number of ether oxygens (including phenoxy) is 1. The first-order valence-electron chi connectivity index (χ1n) is 10.1. The molecule has 2 N–H and O–H groups in total. The van der Waals surface area contributed by atoms with Gasteiger partial charge in [0.15, 0.2) is 15.8 Å². The Hall–Kier alpha value is -1.87. The number of anilines is 1. The number of hydrogen-bond donors (Lipinski definition) is 2. The number of nitrogens with zero attached hydrogens (tertiary/aromatic N) is 2. The average molecular weight is 427 g/mol. The number of halogens is 1. The van der Waals surface area contributed by atoms with Crippen LogP contribution in [0.3, 0.4) is 0 Å². The third-order valence-electron chi connectivity index (χ3n) is 6.00. The molecule has 0 saturated carbocycles. The van der Waals surface area contributed by atoms with E-state index in [1.807, 2.05) is 6.07 Å². The summed E-state index contributed by atoms with van der Waals surface area (Å²) in [6.07, 6.45) is 4.06. The van der Waals surface area contributed by atoms with Gasteiger partial charge in [-0.05, 0) is 43.9 Å². The molecular weight excluding hydrogens is 395 g/mol. The molecular formula is C20H31FN4O3S. The van der Waals surface area contributed by atoms with Crippen LogP contribution in [0.25, 0.3) is 0 Å². The predicted molar refractivity (Wildman–Crippen MR) is 114 cm³/mol. The maximum Gasteiger partial charge on any atom is 0.191 e. The molecule has 0 aliphatic carbocycles. The number of benzene rings is 1. The van der Waals surface area contributed by atoms with Gasteiger partial charge in [-0.15, -0.1) is 0 Å². The van der Waals surface area contributed by atoms with Gasteiger partial charge in [-0.2, -0.15) is 0 Å². The normalized spacial score (nSPS) is 21.1. The average Bonchev–Trinajstić information content (AvgIpc) is 2.71. The van der Waals surface area contributed by atoms with E-state index in [-0.39, 0.29) is 11.9 Å². The Bertz CT molecular complexity index is 817. The smallest absolute Gasteiger partial charge is 0.191 e. The van der Waals surface area contributed by atoms with E-state index in [0.717, 1.165) is 31.6 Å². The Morgan fingerprint density at radius 2 is 2.00 bits per heavy atom. The van der Waals surface area contributed by atoms with Crippen LogP contribution in [0.5, 0.6) is 0 Å². The highest BCUT2D eigenvalue weighted by Gasteiger charge is 2.42. The van der Waals surface area contributed by atoms with Crippen molar-refractivity contribution in [3.63, 3.8) is 0 Å². The van der Waals surface area contributed by atoms with Gasteiger partial charge in [-0.25, -0.2) is 12.8 Å². The van der Waals surface area contributed by atoms with Crippen LogP contribution >= 0.6 is 0 Å². The summed E-state index contributed by atoms with van der Waals surface area (Å²) in [5.41, 5.74) is 0.903. The van der Waals surface area contributed by atoms with Crippen molar-refractivity contribution in [3.05, 3.63) is 30.1 Å². The van der Waals surface area contributed by atoms with Crippen LogP contribution in [-0.2, 0) is 14.6 Å². The second-order valence-corrected chi connectivity index (χ2v) is 10.3. The van der Waals surface area contributed by atoms with Crippen LogP contribution in [-0.4, -0.2) is 71.3 Å². The first-order chi connectivity index (χ1) is 13.8. The Kier molecular flexibility index (Phi) is 7.00. The topological polar surface area (TPSA) is 83.0 Å². The number of guanidine groups is 1. The summed E-state index contributed by atoms with van der Waals surface area (Å²) in [5, 5.41) is 6.63. The number of piperidine rings is 1. The third kappa shape index (κ3) is 5.39. The highest BCUT2D eigenvalue weighted by Crippen LogP contribution is 2.28. The fourth-order valence-electron chi connectivity index (χ4n) is 4.01. The van der Waals surface area contributed by atoms with Crippen molar-refractivity contribution < 1.29 is 17.5 Å². The van der Waals surface area contributed by atoms with Gasteiger partial charge in [0.1, 0.15) is 5.82 Å². The molecule has 0 unspecified atom stereocenters. The lowest BCUT2D eigenvalue weighted by Crippen LogP contribution is -2.55. The number of aliphatic imine (C=N–C) groups is 1. The summed E-state index contributed by atoms with van der Waals surface area (Å²) in [7, 11) is -1.54. The van der Waals surface area contributed by atoms with Crippen molar-refractivity contribution in [1.29, 1.82) is 0 Å². The van der Waals surface area contributed by atoms with Crippen molar-refractivity contribution in [2.24, 2.45) is 4.99 Å². The highest BCUT2D eigenvalue weighted by atomic mass is 32.2. The zero-order valence-electron chi connectivity index (χ0n) is 17.2. The fourth-order valence-corrected chi connectivity index (χ4v) is 5.25. The maximum atomic E-state index is 13.5. The predicted octanol–water partition coefficient (Wildman–Crippen LogP) is 1.55. The van der Waals surface area contributed by atoms with Crippen LogP contribution in [0, 0.1) is 5.82 Å². The van der Waals surface area contributed by atoms with E-state index in [0.29, 0.717) is 38.6 Å². The minimum absolute atomic E-state index is 0.222. The first-order valence-corrected chi connectivity index (χ1v) is 12.0. The minimum atomic E-state index is -3.23. The molecule has 1 aromatic carbocycles. The highest BCUT2D eigenvalue weighted by molar-refractivity contribution is 7.92.